The zero-order valence-electron chi connectivity index (χ0n) is 14.6. The first-order valence-corrected chi connectivity index (χ1v) is 8.43. The van der Waals surface area contributed by atoms with Crippen molar-refractivity contribution in [3.63, 3.8) is 0 Å². The van der Waals surface area contributed by atoms with Gasteiger partial charge in [-0.2, -0.15) is 0 Å². The van der Waals surface area contributed by atoms with E-state index in [1.807, 2.05) is 47.8 Å². The van der Waals surface area contributed by atoms with Crippen LogP contribution < -0.4 is 4.90 Å². The van der Waals surface area contributed by atoms with Crippen molar-refractivity contribution in [2.45, 2.75) is 32.2 Å². The van der Waals surface area contributed by atoms with Crippen molar-refractivity contribution in [3.05, 3.63) is 42.1 Å². The van der Waals surface area contributed by atoms with Crippen LogP contribution in [0.1, 0.15) is 30.1 Å². The SMILES string of the molecule is Cc1nccn1CC(=O)N1CCC[C@H](c2ccnc(N(C)C)c2)C1. The molecule has 2 aromatic heterocycles. The van der Waals surface area contributed by atoms with Crippen molar-refractivity contribution in [1.29, 1.82) is 0 Å². The van der Waals surface area contributed by atoms with Crippen molar-refractivity contribution >= 4 is 11.7 Å². The van der Waals surface area contributed by atoms with Gasteiger partial charge >= 0.3 is 0 Å². The van der Waals surface area contributed by atoms with E-state index in [1.165, 1.54) is 5.56 Å². The van der Waals surface area contributed by atoms with Gasteiger partial charge < -0.3 is 14.4 Å². The van der Waals surface area contributed by atoms with E-state index in [-0.39, 0.29) is 5.91 Å². The molecule has 0 unspecified atom stereocenters. The van der Waals surface area contributed by atoms with Crippen LogP contribution in [0, 0.1) is 6.92 Å². The van der Waals surface area contributed by atoms with Crippen molar-refractivity contribution < 1.29 is 4.79 Å². The molecule has 0 saturated carbocycles. The Kier molecular flexibility index (Phi) is 4.83. The van der Waals surface area contributed by atoms with Crippen LogP contribution in [0.5, 0.6) is 0 Å². The molecule has 128 valence electrons. The Hall–Kier alpha value is -2.37. The number of pyridine rings is 1. The molecule has 1 saturated heterocycles. The van der Waals surface area contributed by atoms with E-state index >= 15 is 0 Å². The Balaban J connectivity index is 1.69. The Labute approximate surface area is 143 Å². The Morgan fingerprint density at radius 3 is 2.88 bits per heavy atom. The lowest BCUT2D eigenvalue weighted by atomic mass is 9.91. The van der Waals surface area contributed by atoms with Crippen molar-refractivity contribution in [1.82, 2.24) is 19.4 Å². The third-order valence-electron chi connectivity index (χ3n) is 4.70. The maximum atomic E-state index is 12.6. The molecule has 0 aliphatic carbocycles. The zero-order valence-corrected chi connectivity index (χ0v) is 14.6. The Morgan fingerprint density at radius 1 is 1.33 bits per heavy atom. The van der Waals surface area contributed by atoms with Crippen LogP contribution in [-0.4, -0.2) is 52.5 Å². The van der Waals surface area contributed by atoms with E-state index in [1.54, 1.807) is 6.20 Å². The van der Waals surface area contributed by atoms with Gasteiger partial charge in [0.1, 0.15) is 18.2 Å². The van der Waals surface area contributed by atoms with Crippen molar-refractivity contribution in [3.8, 4) is 0 Å². The summed E-state index contributed by atoms with van der Waals surface area (Å²) in [6, 6.07) is 4.21. The number of anilines is 1. The molecule has 0 spiro atoms. The quantitative estimate of drug-likeness (QED) is 0.862. The fourth-order valence-corrected chi connectivity index (χ4v) is 3.22. The summed E-state index contributed by atoms with van der Waals surface area (Å²) in [5.74, 6) is 2.39. The predicted octanol–water partition coefficient (Wildman–Crippen LogP) is 2.06. The molecule has 0 N–H and O–H groups in total. The van der Waals surface area contributed by atoms with E-state index in [4.69, 9.17) is 0 Å². The third kappa shape index (κ3) is 3.58. The third-order valence-corrected chi connectivity index (χ3v) is 4.70. The number of carbonyl (C=O) groups is 1. The van der Waals surface area contributed by atoms with Gasteiger partial charge in [0.15, 0.2) is 0 Å². The second-order valence-electron chi connectivity index (χ2n) is 6.62. The predicted molar refractivity (Wildman–Crippen MR) is 94.1 cm³/mol. The van der Waals surface area contributed by atoms with E-state index in [0.29, 0.717) is 12.5 Å². The first kappa shape index (κ1) is 16.5. The summed E-state index contributed by atoms with van der Waals surface area (Å²) in [5.41, 5.74) is 1.27. The summed E-state index contributed by atoms with van der Waals surface area (Å²) in [4.78, 5) is 25.2. The molecule has 2 aromatic rings. The van der Waals surface area contributed by atoms with E-state index in [0.717, 1.165) is 37.6 Å². The maximum absolute atomic E-state index is 12.6. The lowest BCUT2D eigenvalue weighted by Crippen LogP contribution is -2.40. The van der Waals surface area contributed by atoms with Gasteiger partial charge in [-0.15, -0.1) is 0 Å². The first-order chi connectivity index (χ1) is 11.5. The number of rotatable bonds is 4. The summed E-state index contributed by atoms with van der Waals surface area (Å²) in [5, 5.41) is 0. The highest BCUT2D eigenvalue weighted by Crippen LogP contribution is 2.28. The lowest BCUT2D eigenvalue weighted by molar-refractivity contribution is -0.133. The Morgan fingerprint density at radius 2 is 2.17 bits per heavy atom. The van der Waals surface area contributed by atoms with Crippen LogP contribution in [0.15, 0.2) is 30.7 Å². The molecule has 1 atom stereocenters. The number of hydrogen-bond donors (Lipinski definition) is 0. The zero-order chi connectivity index (χ0) is 17.1. The van der Waals surface area contributed by atoms with Crippen LogP contribution in [0.3, 0.4) is 0 Å². The molecule has 3 heterocycles. The second kappa shape index (κ2) is 7.03. The van der Waals surface area contributed by atoms with E-state index in [2.05, 4.69) is 22.1 Å². The topological polar surface area (TPSA) is 54.3 Å². The van der Waals surface area contributed by atoms with Gasteiger partial charge in [-0.1, -0.05) is 0 Å². The fraction of sp³-hybridized carbons (Fsp3) is 0.500. The molecule has 6 nitrogen and oxygen atoms in total. The highest BCUT2D eigenvalue weighted by atomic mass is 16.2. The van der Waals surface area contributed by atoms with Crippen LogP contribution in [0.2, 0.25) is 0 Å². The number of carbonyl (C=O) groups excluding carboxylic acids is 1. The lowest BCUT2D eigenvalue weighted by Gasteiger charge is -2.33. The van der Waals surface area contributed by atoms with Crippen molar-refractivity contribution in [2.24, 2.45) is 0 Å². The van der Waals surface area contributed by atoms with Gasteiger partial charge in [0.25, 0.3) is 0 Å². The highest BCUT2D eigenvalue weighted by Gasteiger charge is 2.25. The molecule has 1 aliphatic rings. The van der Waals surface area contributed by atoms with E-state index < -0.39 is 0 Å². The number of likely N-dealkylation sites (tertiary alicyclic amines) is 1. The standard InChI is InChI=1S/C18H25N5O/c1-14-19-8-10-22(14)13-18(24)23-9-4-5-16(12-23)15-6-7-20-17(11-15)21(2)3/h6-8,10-11,16H,4-5,9,12-13H2,1-3H3/t16-/m0/s1. The van der Waals surface area contributed by atoms with Gasteiger partial charge in [-0.25, -0.2) is 9.97 Å². The van der Waals surface area contributed by atoms with Gasteiger partial charge in [0, 0.05) is 51.7 Å². The van der Waals surface area contributed by atoms with Gasteiger partial charge in [-0.05, 0) is 37.5 Å². The molecule has 3 rings (SSSR count). The number of imidazole rings is 1. The number of hydrogen-bond acceptors (Lipinski definition) is 4. The smallest absolute Gasteiger partial charge is 0.242 e. The van der Waals surface area contributed by atoms with Crippen LogP contribution in [-0.2, 0) is 11.3 Å². The minimum Gasteiger partial charge on any atom is -0.363 e. The van der Waals surface area contributed by atoms with Crippen LogP contribution >= 0.6 is 0 Å². The summed E-state index contributed by atoms with van der Waals surface area (Å²) in [6.45, 7) is 3.92. The maximum Gasteiger partial charge on any atom is 0.242 e. The Bertz CT molecular complexity index is 709. The molecule has 1 aliphatic heterocycles. The summed E-state index contributed by atoms with van der Waals surface area (Å²) < 4.78 is 1.91. The molecule has 6 heteroatoms. The fourth-order valence-electron chi connectivity index (χ4n) is 3.22. The minimum atomic E-state index is 0.169. The van der Waals surface area contributed by atoms with E-state index in [9.17, 15) is 4.79 Å². The largest absolute Gasteiger partial charge is 0.363 e. The molecule has 0 bridgehead atoms. The molecule has 0 aromatic carbocycles. The summed E-state index contributed by atoms with van der Waals surface area (Å²) in [7, 11) is 3.99. The molecule has 1 amide bonds. The van der Waals surface area contributed by atoms with Gasteiger partial charge in [0.2, 0.25) is 5.91 Å². The second-order valence-corrected chi connectivity index (χ2v) is 6.62. The number of aromatic nitrogens is 3. The average molecular weight is 327 g/mol. The molecular formula is C18H25N5O. The molecular weight excluding hydrogens is 302 g/mol. The number of piperidine rings is 1. The van der Waals surface area contributed by atoms with Gasteiger partial charge in [0.05, 0.1) is 0 Å². The highest BCUT2D eigenvalue weighted by molar-refractivity contribution is 5.76. The summed E-state index contributed by atoms with van der Waals surface area (Å²) >= 11 is 0. The number of aryl methyl sites for hydroxylation is 1. The molecule has 1 fully saturated rings. The normalized spacial score (nSPS) is 17.8. The molecule has 24 heavy (non-hydrogen) atoms. The van der Waals surface area contributed by atoms with Crippen LogP contribution in [0.25, 0.3) is 0 Å². The summed E-state index contributed by atoms with van der Waals surface area (Å²) in [6.07, 6.45) is 7.62. The van der Waals surface area contributed by atoms with Crippen molar-refractivity contribution in [2.75, 3.05) is 32.1 Å². The number of nitrogens with zero attached hydrogens (tertiary/aromatic N) is 5. The average Bonchev–Trinajstić information content (AvgIpc) is 3.00. The monoisotopic (exact) mass is 327 g/mol. The minimum absolute atomic E-state index is 0.169. The first-order valence-electron chi connectivity index (χ1n) is 8.43. The van der Waals surface area contributed by atoms with Crippen LogP contribution in [0.4, 0.5) is 5.82 Å². The number of amides is 1. The van der Waals surface area contributed by atoms with Gasteiger partial charge in [-0.3, -0.25) is 4.79 Å². The molecule has 0 radical (unpaired) electrons.